The van der Waals surface area contributed by atoms with E-state index in [1.54, 1.807) is 11.8 Å². The van der Waals surface area contributed by atoms with Gasteiger partial charge in [-0.15, -0.1) is 11.1 Å². The second-order valence-corrected chi connectivity index (χ2v) is 21.6. The predicted octanol–water partition coefficient (Wildman–Crippen LogP) is 8.70. The molecule has 0 aliphatic heterocycles. The summed E-state index contributed by atoms with van der Waals surface area (Å²) in [6.07, 6.45) is 0. The highest BCUT2D eigenvalue weighted by molar-refractivity contribution is 6.91. The van der Waals surface area contributed by atoms with Crippen LogP contribution in [0.2, 0.25) is 33.2 Å². The van der Waals surface area contributed by atoms with Crippen LogP contribution in [-0.4, -0.2) is 28.0 Å². The highest BCUT2D eigenvalue weighted by Crippen LogP contribution is 2.43. The lowest BCUT2D eigenvalue weighted by Gasteiger charge is -2.38. The van der Waals surface area contributed by atoms with Crippen molar-refractivity contribution in [1.82, 2.24) is 0 Å². The van der Waals surface area contributed by atoms with Crippen molar-refractivity contribution in [3.63, 3.8) is 0 Å². The van der Waals surface area contributed by atoms with Gasteiger partial charge in [-0.25, -0.2) is 0 Å². The first kappa shape index (κ1) is 29.3. The Hall–Kier alpha value is -0.726. The molecule has 0 fully saturated rings. The van der Waals surface area contributed by atoms with Crippen LogP contribution in [0.25, 0.3) is 0 Å². The monoisotopic (exact) mass is 462 g/mol. The topological polar surface area (TPSA) is 0 Å². The van der Waals surface area contributed by atoms with E-state index in [-0.39, 0.29) is 33.2 Å². The van der Waals surface area contributed by atoms with Crippen molar-refractivity contribution in [2.24, 2.45) is 0 Å². The minimum Gasteiger partial charge on any atom is -0.184 e. The molecule has 0 heterocycles. The maximum atomic E-state index is 14.7. The summed E-state index contributed by atoms with van der Waals surface area (Å²) in [5.41, 5.74) is 6.01. The summed E-state index contributed by atoms with van der Waals surface area (Å²) < 4.78 is 58.8. The fourth-order valence-electron chi connectivity index (χ4n) is 5.40. The van der Waals surface area contributed by atoms with E-state index in [2.05, 4.69) is 11.1 Å². The first-order chi connectivity index (χ1) is 13.3. The second kappa shape index (κ2) is 10.3. The molecule has 0 N–H and O–H groups in total. The molecule has 6 heteroatoms. The minimum absolute atomic E-state index is 0.0865. The average molecular weight is 463 g/mol. The summed E-state index contributed by atoms with van der Waals surface area (Å²) in [5.74, 6) is -5.44. The van der Waals surface area contributed by atoms with Gasteiger partial charge in [0.25, 0.3) is 0 Å². The Bertz CT molecular complexity index is 580. The number of hydrogen-bond acceptors (Lipinski definition) is 0. The van der Waals surface area contributed by atoms with Crippen molar-refractivity contribution in [3.8, 4) is 22.9 Å². The van der Waals surface area contributed by atoms with Crippen LogP contribution < -0.4 is 0 Å². The normalized spacial score (nSPS) is 13.9. The lowest BCUT2D eigenvalue weighted by atomic mass is 10.2. The molecule has 30 heavy (non-hydrogen) atoms. The Morgan fingerprint density at radius 2 is 0.600 bits per heavy atom. The van der Waals surface area contributed by atoms with Gasteiger partial charge in [0.1, 0.15) is 16.1 Å². The molecule has 0 aromatic carbocycles. The zero-order valence-electron chi connectivity index (χ0n) is 21.0. The molecule has 0 aliphatic carbocycles. The van der Waals surface area contributed by atoms with Gasteiger partial charge < -0.3 is 0 Å². The van der Waals surface area contributed by atoms with E-state index < -0.39 is 28.0 Å². The number of halogens is 4. The van der Waals surface area contributed by atoms with Crippen molar-refractivity contribution in [2.45, 2.75) is 128 Å². The molecular formula is C24H42F4Si2. The molecule has 0 rings (SSSR count). The third-order valence-electron chi connectivity index (χ3n) is 7.00. The molecule has 0 unspecified atom stereocenters. The fraction of sp³-hybridized carbons (Fsp3) is 0.833. The molecule has 0 aromatic heterocycles. The van der Waals surface area contributed by atoms with Gasteiger partial charge in [-0.2, -0.15) is 17.6 Å². The summed E-state index contributed by atoms with van der Waals surface area (Å²) in [6, 6.07) is 0. The first-order valence-corrected chi connectivity index (χ1v) is 15.6. The van der Waals surface area contributed by atoms with Gasteiger partial charge in [0.2, 0.25) is 0 Å². The summed E-state index contributed by atoms with van der Waals surface area (Å²) >= 11 is 0. The zero-order chi connectivity index (χ0) is 24.3. The Morgan fingerprint density at radius 3 is 0.733 bits per heavy atom. The van der Waals surface area contributed by atoms with Gasteiger partial charge in [0, 0.05) is 0 Å². The van der Waals surface area contributed by atoms with Crippen LogP contribution in [0.1, 0.15) is 83.1 Å². The summed E-state index contributed by atoms with van der Waals surface area (Å²) in [7, 11) is -5.09. The number of hydrogen-bond donors (Lipinski definition) is 0. The predicted molar refractivity (Wildman–Crippen MR) is 128 cm³/mol. The third-order valence-corrected chi connectivity index (χ3v) is 19.6. The average Bonchev–Trinajstić information content (AvgIpc) is 2.53. The lowest BCUT2D eigenvalue weighted by molar-refractivity contribution is -0.133. The van der Waals surface area contributed by atoms with Gasteiger partial charge in [0.15, 0.2) is 0 Å². The van der Waals surface area contributed by atoms with Crippen molar-refractivity contribution in [2.75, 3.05) is 0 Å². The first-order valence-electron chi connectivity index (χ1n) is 11.2. The summed E-state index contributed by atoms with van der Waals surface area (Å²) in [6.45, 7) is 23.6. The molecule has 0 spiro atoms. The van der Waals surface area contributed by atoms with Crippen molar-refractivity contribution in [1.29, 1.82) is 0 Å². The van der Waals surface area contributed by atoms with Gasteiger partial charge in [0.05, 0.1) is 0 Å². The summed E-state index contributed by atoms with van der Waals surface area (Å²) in [4.78, 5) is 0. The maximum Gasteiger partial charge on any atom is 0.381 e. The molecule has 0 nitrogen and oxygen atoms in total. The Labute approximate surface area is 185 Å². The number of rotatable bonds is 7. The molecule has 0 aliphatic rings. The Morgan fingerprint density at radius 1 is 0.433 bits per heavy atom. The van der Waals surface area contributed by atoms with Gasteiger partial charge in [-0.3, -0.25) is 0 Å². The smallest absolute Gasteiger partial charge is 0.184 e. The van der Waals surface area contributed by atoms with E-state index >= 15 is 0 Å². The van der Waals surface area contributed by atoms with E-state index in [0.717, 1.165) is 0 Å². The molecule has 0 bridgehead atoms. The second-order valence-electron chi connectivity index (χ2n) is 10.4. The van der Waals surface area contributed by atoms with E-state index in [1.165, 1.54) is 0 Å². The van der Waals surface area contributed by atoms with Crippen LogP contribution in [0.4, 0.5) is 17.6 Å². The molecule has 0 radical (unpaired) electrons. The van der Waals surface area contributed by atoms with Crippen LogP contribution in [-0.2, 0) is 0 Å². The van der Waals surface area contributed by atoms with Crippen LogP contribution in [0.5, 0.6) is 0 Å². The van der Waals surface area contributed by atoms with Crippen LogP contribution in [0.3, 0.4) is 0 Å². The molecule has 0 amide bonds. The Balaban J connectivity index is 6.48. The largest absolute Gasteiger partial charge is 0.381 e. The molecule has 0 saturated heterocycles. The van der Waals surface area contributed by atoms with E-state index in [4.69, 9.17) is 0 Å². The Kier molecular flexibility index (Phi) is 10.0. The quantitative estimate of drug-likeness (QED) is 0.202. The van der Waals surface area contributed by atoms with Crippen LogP contribution in [0, 0.1) is 22.9 Å². The third kappa shape index (κ3) is 5.54. The molecule has 0 aromatic rings. The number of alkyl halides is 4. The molecule has 0 saturated carbocycles. The molecule has 0 atom stereocenters. The minimum atomic E-state index is -4.47. The lowest BCUT2D eigenvalue weighted by Crippen LogP contribution is -2.46. The summed E-state index contributed by atoms with van der Waals surface area (Å²) in [5, 5.41) is 0. The van der Waals surface area contributed by atoms with Gasteiger partial charge in [-0.05, 0) is 45.1 Å². The zero-order valence-corrected chi connectivity index (χ0v) is 23.0. The van der Waals surface area contributed by atoms with Gasteiger partial charge in [-0.1, -0.05) is 83.1 Å². The van der Waals surface area contributed by atoms with E-state index in [1.807, 2.05) is 83.1 Å². The van der Waals surface area contributed by atoms with Gasteiger partial charge >= 0.3 is 11.8 Å². The van der Waals surface area contributed by atoms with Crippen LogP contribution in [0.15, 0.2) is 0 Å². The standard InChI is InChI=1S/C24H42F4Si2/c1-17(2)29(18(3)4,19(5)6)15-13-23(25,26)24(27,28)14-16-30(20(7)8,21(9)10)22(11)12/h17-22H,1-12H3. The van der Waals surface area contributed by atoms with Crippen molar-refractivity contribution >= 4 is 16.1 Å². The van der Waals surface area contributed by atoms with Crippen molar-refractivity contribution in [3.05, 3.63) is 0 Å². The van der Waals surface area contributed by atoms with E-state index in [9.17, 15) is 17.6 Å². The molecular weight excluding hydrogens is 420 g/mol. The van der Waals surface area contributed by atoms with Crippen LogP contribution >= 0.6 is 0 Å². The highest BCUT2D eigenvalue weighted by Gasteiger charge is 2.56. The highest BCUT2D eigenvalue weighted by atomic mass is 28.3. The molecule has 174 valence electrons. The maximum absolute atomic E-state index is 14.7. The van der Waals surface area contributed by atoms with Crippen molar-refractivity contribution < 1.29 is 17.6 Å². The fourth-order valence-corrected chi connectivity index (χ4v) is 15.9. The van der Waals surface area contributed by atoms with E-state index in [0.29, 0.717) is 0 Å². The SMILES string of the molecule is CC(C)[Si](C#CC(F)(F)C(F)(F)C#C[Si](C(C)C)(C(C)C)C(C)C)(C(C)C)C(C)C.